The lowest BCUT2D eigenvalue weighted by Crippen LogP contribution is -2.27. The molecule has 3 aromatic rings. The molecule has 0 radical (unpaired) electrons. The fourth-order valence-electron chi connectivity index (χ4n) is 3.14. The summed E-state index contributed by atoms with van der Waals surface area (Å²) in [5, 5.41) is 0.698. The van der Waals surface area contributed by atoms with Crippen LogP contribution in [0.1, 0.15) is 28.3 Å². The summed E-state index contributed by atoms with van der Waals surface area (Å²) < 4.78 is 34.6. The first-order valence-electron chi connectivity index (χ1n) is 8.63. The van der Waals surface area contributed by atoms with Crippen molar-refractivity contribution in [1.82, 2.24) is 13.9 Å². The summed E-state index contributed by atoms with van der Waals surface area (Å²) in [5.74, 6) is -0.570. The van der Waals surface area contributed by atoms with E-state index in [-0.39, 0.29) is 17.2 Å². The third kappa shape index (κ3) is 3.50. The van der Waals surface area contributed by atoms with E-state index in [1.54, 1.807) is 7.05 Å². The van der Waals surface area contributed by atoms with Gasteiger partial charge < -0.3 is 9.30 Å². The quantitative estimate of drug-likeness (QED) is 0.610. The molecule has 3 heterocycles. The van der Waals surface area contributed by atoms with Gasteiger partial charge in [-0.25, -0.2) is 18.2 Å². The van der Waals surface area contributed by atoms with E-state index in [4.69, 9.17) is 4.74 Å². The molecule has 7 nitrogen and oxygen atoms in total. The van der Waals surface area contributed by atoms with Gasteiger partial charge in [-0.05, 0) is 31.0 Å². The number of ether oxygens (including phenoxy) is 1. The van der Waals surface area contributed by atoms with Crippen molar-refractivity contribution in [3.05, 3.63) is 47.2 Å². The van der Waals surface area contributed by atoms with Crippen molar-refractivity contribution < 1.29 is 17.9 Å². The monoisotopic (exact) mass is 405 g/mol. The maximum Gasteiger partial charge on any atom is 0.355 e. The average molecular weight is 406 g/mol. The van der Waals surface area contributed by atoms with E-state index < -0.39 is 16.0 Å². The van der Waals surface area contributed by atoms with Gasteiger partial charge >= 0.3 is 5.97 Å². The molecule has 0 amide bonds. The highest BCUT2D eigenvalue weighted by Crippen LogP contribution is 2.24. The summed E-state index contributed by atoms with van der Waals surface area (Å²) in [6.07, 6.45) is 3.19. The van der Waals surface area contributed by atoms with Gasteiger partial charge in [0.05, 0.1) is 10.2 Å². The number of aromatic nitrogens is 2. The van der Waals surface area contributed by atoms with Gasteiger partial charge in [-0.3, -0.25) is 0 Å². The molecule has 4 rings (SSSR count). The minimum absolute atomic E-state index is 0.0531. The third-order valence-electron chi connectivity index (χ3n) is 4.56. The SMILES string of the molecule is Cn1cc(S(=O)(=O)N2CCCC2)cc1C(=O)OCc1nc2ccccc2s1. The van der Waals surface area contributed by atoms with Crippen molar-refractivity contribution in [3.63, 3.8) is 0 Å². The van der Waals surface area contributed by atoms with Crippen LogP contribution in [-0.2, 0) is 28.4 Å². The number of hydrogen-bond acceptors (Lipinski definition) is 6. The second kappa shape index (κ2) is 7.06. The summed E-state index contributed by atoms with van der Waals surface area (Å²) in [7, 11) is -1.93. The van der Waals surface area contributed by atoms with Crippen molar-refractivity contribution in [2.24, 2.45) is 7.05 Å². The molecule has 1 aromatic carbocycles. The van der Waals surface area contributed by atoms with E-state index in [1.165, 1.54) is 32.5 Å². The lowest BCUT2D eigenvalue weighted by molar-refractivity contribution is 0.0461. The van der Waals surface area contributed by atoms with Crippen LogP contribution in [0.3, 0.4) is 0 Å². The van der Waals surface area contributed by atoms with Crippen LogP contribution < -0.4 is 0 Å². The van der Waals surface area contributed by atoms with Crippen molar-refractivity contribution in [2.75, 3.05) is 13.1 Å². The number of benzene rings is 1. The second-order valence-electron chi connectivity index (χ2n) is 6.43. The Balaban J connectivity index is 1.49. The van der Waals surface area contributed by atoms with Crippen molar-refractivity contribution in [3.8, 4) is 0 Å². The molecular formula is C18H19N3O4S2. The number of rotatable bonds is 5. The van der Waals surface area contributed by atoms with Crippen LogP contribution in [0, 0.1) is 0 Å². The van der Waals surface area contributed by atoms with Crippen molar-refractivity contribution >= 4 is 37.5 Å². The van der Waals surface area contributed by atoms with Crippen molar-refractivity contribution in [2.45, 2.75) is 24.3 Å². The Morgan fingerprint density at radius 1 is 1.26 bits per heavy atom. The van der Waals surface area contributed by atoms with E-state index in [1.807, 2.05) is 24.3 Å². The first kappa shape index (κ1) is 18.1. The van der Waals surface area contributed by atoms with E-state index >= 15 is 0 Å². The Labute approximate surface area is 161 Å². The molecule has 0 spiro atoms. The Morgan fingerprint density at radius 2 is 2.00 bits per heavy atom. The zero-order valence-corrected chi connectivity index (χ0v) is 16.4. The van der Waals surface area contributed by atoms with Crippen LogP contribution in [0.25, 0.3) is 10.2 Å². The Hall–Kier alpha value is -2.23. The number of carbonyl (C=O) groups excluding carboxylic acids is 1. The Bertz CT molecular complexity index is 1060. The van der Waals surface area contributed by atoms with Crippen LogP contribution in [0.2, 0.25) is 0 Å². The second-order valence-corrected chi connectivity index (χ2v) is 9.49. The number of nitrogens with zero attached hydrogens (tertiary/aromatic N) is 3. The number of thiazole rings is 1. The molecule has 0 N–H and O–H groups in total. The molecule has 0 aliphatic carbocycles. The topological polar surface area (TPSA) is 81.5 Å². The maximum absolute atomic E-state index is 12.7. The average Bonchev–Trinajstić information content (AvgIpc) is 3.38. The van der Waals surface area contributed by atoms with Gasteiger partial charge in [-0.2, -0.15) is 4.31 Å². The Kier molecular flexibility index (Phi) is 4.75. The standard InChI is InChI=1S/C18H19N3O4S2/c1-20-11-13(27(23,24)21-8-4-5-9-21)10-15(20)18(22)25-12-17-19-14-6-2-3-7-16(14)26-17/h2-3,6-7,10-11H,4-5,8-9,12H2,1H3. The molecule has 1 saturated heterocycles. The lowest BCUT2D eigenvalue weighted by Gasteiger charge is -2.13. The molecule has 1 aliphatic rings. The van der Waals surface area contributed by atoms with Crippen LogP contribution >= 0.6 is 11.3 Å². The highest BCUT2D eigenvalue weighted by molar-refractivity contribution is 7.89. The maximum atomic E-state index is 12.7. The Morgan fingerprint density at radius 3 is 2.74 bits per heavy atom. The number of aryl methyl sites for hydroxylation is 1. The minimum Gasteiger partial charge on any atom is -0.454 e. The van der Waals surface area contributed by atoms with E-state index in [2.05, 4.69) is 4.98 Å². The van der Waals surface area contributed by atoms with Gasteiger partial charge in [-0.15, -0.1) is 11.3 Å². The van der Waals surface area contributed by atoms with Crippen molar-refractivity contribution in [1.29, 1.82) is 0 Å². The normalized spacial score (nSPS) is 15.4. The summed E-state index contributed by atoms with van der Waals surface area (Å²) >= 11 is 1.47. The van der Waals surface area contributed by atoms with E-state index in [9.17, 15) is 13.2 Å². The number of esters is 1. The number of para-hydroxylation sites is 1. The molecule has 2 aromatic heterocycles. The van der Waals surface area contributed by atoms with Gasteiger partial charge in [0.1, 0.15) is 22.2 Å². The molecule has 1 aliphatic heterocycles. The molecule has 0 saturated carbocycles. The molecular weight excluding hydrogens is 386 g/mol. The molecule has 0 unspecified atom stereocenters. The van der Waals surface area contributed by atoms with Gasteiger partial charge in [0.25, 0.3) is 0 Å². The van der Waals surface area contributed by atoms with Gasteiger partial charge in [-0.1, -0.05) is 12.1 Å². The number of sulfonamides is 1. The fraction of sp³-hybridized carbons (Fsp3) is 0.333. The summed E-state index contributed by atoms with van der Waals surface area (Å²) in [5.41, 5.74) is 1.07. The molecule has 0 atom stereocenters. The highest BCUT2D eigenvalue weighted by Gasteiger charge is 2.29. The van der Waals surface area contributed by atoms with Gasteiger partial charge in [0.2, 0.25) is 10.0 Å². The first-order valence-corrected chi connectivity index (χ1v) is 10.9. The van der Waals surface area contributed by atoms with Gasteiger partial charge in [0, 0.05) is 26.3 Å². The summed E-state index contributed by atoms with van der Waals surface area (Å²) in [6, 6.07) is 9.09. The largest absolute Gasteiger partial charge is 0.454 e. The summed E-state index contributed by atoms with van der Waals surface area (Å²) in [4.78, 5) is 17.0. The highest BCUT2D eigenvalue weighted by atomic mass is 32.2. The van der Waals surface area contributed by atoms with Crippen LogP contribution in [0.4, 0.5) is 0 Å². The molecule has 9 heteroatoms. The number of hydrogen-bond donors (Lipinski definition) is 0. The molecule has 1 fully saturated rings. The summed E-state index contributed by atoms with van der Waals surface area (Å²) in [6.45, 7) is 1.10. The first-order chi connectivity index (χ1) is 12.9. The number of carbonyl (C=O) groups is 1. The van der Waals surface area contributed by atoms with Crippen LogP contribution in [0.5, 0.6) is 0 Å². The van der Waals surface area contributed by atoms with Gasteiger partial charge in [0.15, 0.2) is 0 Å². The lowest BCUT2D eigenvalue weighted by atomic mass is 10.3. The zero-order chi connectivity index (χ0) is 19.0. The van der Waals surface area contributed by atoms with Crippen LogP contribution in [0.15, 0.2) is 41.4 Å². The predicted molar refractivity (Wildman–Crippen MR) is 102 cm³/mol. The molecule has 142 valence electrons. The molecule has 0 bridgehead atoms. The smallest absolute Gasteiger partial charge is 0.355 e. The molecule has 27 heavy (non-hydrogen) atoms. The minimum atomic E-state index is -3.56. The van der Waals surface area contributed by atoms with E-state index in [0.29, 0.717) is 18.1 Å². The predicted octanol–water partition coefficient (Wildman–Crippen LogP) is 2.78. The van der Waals surface area contributed by atoms with E-state index in [0.717, 1.165) is 23.1 Å². The zero-order valence-electron chi connectivity index (χ0n) is 14.8. The fourth-order valence-corrected chi connectivity index (χ4v) is 5.61. The number of fused-ring (bicyclic) bond motifs is 1. The third-order valence-corrected chi connectivity index (χ3v) is 7.43. The van der Waals surface area contributed by atoms with Crippen LogP contribution in [-0.4, -0.2) is 41.3 Å².